The summed E-state index contributed by atoms with van der Waals surface area (Å²) in [5.74, 6) is 1.77. The summed E-state index contributed by atoms with van der Waals surface area (Å²) in [7, 11) is 0. The topological polar surface area (TPSA) is 32.3 Å². The average Bonchev–Trinajstić information content (AvgIpc) is 2.17. The van der Waals surface area contributed by atoms with E-state index >= 15 is 0 Å². The summed E-state index contributed by atoms with van der Waals surface area (Å²) in [5, 5.41) is 13.0. The van der Waals surface area contributed by atoms with Crippen LogP contribution in [0.2, 0.25) is 0 Å². The number of aliphatic hydroxyl groups excluding tert-OH is 1. The predicted octanol–water partition coefficient (Wildman–Crippen LogP) is 2.32. The molecule has 2 rings (SSSR count). The van der Waals surface area contributed by atoms with Crippen LogP contribution in [0.4, 0.5) is 0 Å². The van der Waals surface area contributed by atoms with E-state index in [1.54, 1.807) is 0 Å². The molecule has 0 aromatic heterocycles. The van der Waals surface area contributed by atoms with Gasteiger partial charge in [-0.15, -0.1) is 0 Å². The van der Waals surface area contributed by atoms with E-state index in [1.807, 2.05) is 0 Å². The fraction of sp³-hybridized carbons (Fsp3) is 1.00. The van der Waals surface area contributed by atoms with Gasteiger partial charge in [0.05, 0.1) is 6.61 Å². The first kappa shape index (κ1) is 11.4. The van der Waals surface area contributed by atoms with Crippen LogP contribution < -0.4 is 5.32 Å². The Morgan fingerprint density at radius 2 is 2.07 bits per heavy atom. The lowest BCUT2D eigenvalue weighted by molar-refractivity contribution is 0.0804. The Kier molecular flexibility index (Phi) is 3.68. The molecule has 0 radical (unpaired) electrons. The van der Waals surface area contributed by atoms with Crippen LogP contribution in [-0.4, -0.2) is 23.8 Å². The Morgan fingerprint density at radius 3 is 2.60 bits per heavy atom. The molecule has 0 saturated heterocycles. The second-order valence-electron chi connectivity index (χ2n) is 5.81. The Bertz CT molecular complexity index is 195. The number of rotatable bonds is 4. The van der Waals surface area contributed by atoms with Crippen molar-refractivity contribution >= 4 is 0 Å². The molecule has 0 aromatic carbocycles. The maximum absolute atomic E-state index is 9.36. The van der Waals surface area contributed by atoms with Crippen LogP contribution >= 0.6 is 0 Å². The SMILES string of the molecule is CC1CCCC(CNC2(CO)CCC2)C1. The molecule has 0 aliphatic heterocycles. The van der Waals surface area contributed by atoms with Gasteiger partial charge in [-0.2, -0.15) is 0 Å². The molecule has 0 spiro atoms. The molecule has 0 heterocycles. The van der Waals surface area contributed by atoms with Gasteiger partial charge in [-0.25, -0.2) is 0 Å². The molecular formula is C13H25NO. The van der Waals surface area contributed by atoms with Gasteiger partial charge in [0.15, 0.2) is 0 Å². The molecule has 0 bridgehead atoms. The summed E-state index contributed by atoms with van der Waals surface area (Å²) in [5.41, 5.74) is 0.112. The Morgan fingerprint density at radius 1 is 1.27 bits per heavy atom. The van der Waals surface area contributed by atoms with Crippen LogP contribution in [0.25, 0.3) is 0 Å². The van der Waals surface area contributed by atoms with E-state index in [-0.39, 0.29) is 5.54 Å². The summed E-state index contributed by atoms with van der Waals surface area (Å²) in [4.78, 5) is 0. The van der Waals surface area contributed by atoms with Gasteiger partial charge in [0.25, 0.3) is 0 Å². The number of hydrogen-bond donors (Lipinski definition) is 2. The standard InChI is InChI=1S/C13H25NO/c1-11-4-2-5-12(8-11)9-14-13(10-15)6-3-7-13/h11-12,14-15H,2-10H2,1H3. The van der Waals surface area contributed by atoms with Crippen molar-refractivity contribution in [1.82, 2.24) is 5.32 Å². The van der Waals surface area contributed by atoms with Crippen molar-refractivity contribution in [2.45, 2.75) is 57.4 Å². The second-order valence-corrected chi connectivity index (χ2v) is 5.81. The predicted molar refractivity (Wildman–Crippen MR) is 62.8 cm³/mol. The van der Waals surface area contributed by atoms with Crippen LogP contribution in [0.5, 0.6) is 0 Å². The quantitative estimate of drug-likeness (QED) is 0.748. The van der Waals surface area contributed by atoms with Gasteiger partial charge in [-0.3, -0.25) is 0 Å². The van der Waals surface area contributed by atoms with Crippen molar-refractivity contribution in [3.63, 3.8) is 0 Å². The smallest absolute Gasteiger partial charge is 0.0613 e. The molecule has 88 valence electrons. The van der Waals surface area contributed by atoms with E-state index in [0.717, 1.165) is 18.4 Å². The summed E-state index contributed by atoms with van der Waals surface area (Å²) in [6.07, 6.45) is 9.22. The van der Waals surface area contributed by atoms with Gasteiger partial charge < -0.3 is 10.4 Å². The fourth-order valence-electron chi connectivity index (χ4n) is 3.10. The molecule has 2 N–H and O–H groups in total. The minimum Gasteiger partial charge on any atom is -0.394 e. The second kappa shape index (κ2) is 4.84. The lowest BCUT2D eigenvalue weighted by Crippen LogP contribution is -2.55. The maximum Gasteiger partial charge on any atom is 0.0613 e. The third-order valence-electron chi connectivity index (χ3n) is 4.42. The normalized spacial score (nSPS) is 34.8. The van der Waals surface area contributed by atoms with Crippen molar-refractivity contribution in [2.24, 2.45) is 11.8 Å². The van der Waals surface area contributed by atoms with Crippen LogP contribution in [0.15, 0.2) is 0 Å². The first-order valence-electron chi connectivity index (χ1n) is 6.60. The summed E-state index contributed by atoms with van der Waals surface area (Å²) >= 11 is 0. The first-order valence-corrected chi connectivity index (χ1v) is 6.60. The van der Waals surface area contributed by atoms with Crippen LogP contribution in [0, 0.1) is 11.8 Å². The zero-order chi connectivity index (χ0) is 10.7. The zero-order valence-corrected chi connectivity index (χ0v) is 9.97. The zero-order valence-electron chi connectivity index (χ0n) is 9.97. The molecule has 2 aliphatic carbocycles. The maximum atomic E-state index is 9.36. The lowest BCUT2D eigenvalue weighted by Gasteiger charge is -2.42. The van der Waals surface area contributed by atoms with Gasteiger partial charge in [-0.05, 0) is 50.5 Å². The Labute approximate surface area is 93.5 Å². The van der Waals surface area contributed by atoms with E-state index in [4.69, 9.17) is 0 Å². The molecular weight excluding hydrogens is 186 g/mol. The molecule has 0 aromatic rings. The van der Waals surface area contributed by atoms with Gasteiger partial charge in [0.2, 0.25) is 0 Å². The molecule has 2 nitrogen and oxygen atoms in total. The monoisotopic (exact) mass is 211 g/mol. The van der Waals surface area contributed by atoms with E-state index in [0.29, 0.717) is 6.61 Å². The van der Waals surface area contributed by atoms with Gasteiger partial charge in [0, 0.05) is 5.54 Å². The van der Waals surface area contributed by atoms with Crippen molar-refractivity contribution in [1.29, 1.82) is 0 Å². The molecule has 2 atom stereocenters. The van der Waals surface area contributed by atoms with Crippen LogP contribution in [-0.2, 0) is 0 Å². The van der Waals surface area contributed by atoms with Gasteiger partial charge >= 0.3 is 0 Å². The van der Waals surface area contributed by atoms with Crippen molar-refractivity contribution in [2.75, 3.05) is 13.2 Å². The van der Waals surface area contributed by atoms with Crippen molar-refractivity contribution in [3.05, 3.63) is 0 Å². The van der Waals surface area contributed by atoms with E-state index < -0.39 is 0 Å². The molecule has 2 saturated carbocycles. The third kappa shape index (κ3) is 2.73. The first-order chi connectivity index (χ1) is 7.24. The van der Waals surface area contributed by atoms with Crippen molar-refractivity contribution in [3.8, 4) is 0 Å². The van der Waals surface area contributed by atoms with Crippen LogP contribution in [0.1, 0.15) is 51.9 Å². The average molecular weight is 211 g/mol. The molecule has 2 heteroatoms. The number of nitrogens with one attached hydrogen (secondary N) is 1. The highest BCUT2D eigenvalue weighted by Gasteiger charge is 2.36. The van der Waals surface area contributed by atoms with E-state index in [2.05, 4.69) is 12.2 Å². The lowest BCUT2D eigenvalue weighted by atomic mass is 9.76. The number of aliphatic hydroxyl groups is 1. The molecule has 2 unspecified atom stereocenters. The van der Waals surface area contributed by atoms with E-state index in [1.165, 1.54) is 44.9 Å². The molecule has 2 fully saturated rings. The molecule has 0 amide bonds. The fourth-order valence-corrected chi connectivity index (χ4v) is 3.10. The minimum absolute atomic E-state index is 0.112. The highest BCUT2D eigenvalue weighted by Crippen LogP contribution is 2.33. The Balaban J connectivity index is 1.72. The third-order valence-corrected chi connectivity index (χ3v) is 4.42. The van der Waals surface area contributed by atoms with Gasteiger partial charge in [0.1, 0.15) is 0 Å². The van der Waals surface area contributed by atoms with Crippen LogP contribution in [0.3, 0.4) is 0 Å². The number of hydrogen-bond acceptors (Lipinski definition) is 2. The van der Waals surface area contributed by atoms with Crippen molar-refractivity contribution < 1.29 is 5.11 Å². The van der Waals surface area contributed by atoms with E-state index in [9.17, 15) is 5.11 Å². The summed E-state index contributed by atoms with van der Waals surface area (Å²) < 4.78 is 0. The van der Waals surface area contributed by atoms with Gasteiger partial charge in [-0.1, -0.05) is 19.8 Å². The highest BCUT2D eigenvalue weighted by molar-refractivity contribution is 4.95. The highest BCUT2D eigenvalue weighted by atomic mass is 16.3. The summed E-state index contributed by atoms with van der Waals surface area (Å²) in [6.45, 7) is 3.83. The largest absolute Gasteiger partial charge is 0.394 e. The molecule has 2 aliphatic rings. The molecule has 15 heavy (non-hydrogen) atoms. The Hall–Kier alpha value is -0.0800. The summed E-state index contributed by atoms with van der Waals surface area (Å²) in [6, 6.07) is 0. The minimum atomic E-state index is 0.112.